The Kier molecular flexibility index (Phi) is 3.93. The van der Waals surface area contributed by atoms with Gasteiger partial charge in [0.1, 0.15) is 0 Å². The molecule has 0 saturated carbocycles. The van der Waals surface area contributed by atoms with Crippen LogP contribution in [0.1, 0.15) is 37.6 Å². The lowest BCUT2D eigenvalue weighted by molar-refractivity contribution is 0.510. The van der Waals surface area contributed by atoms with Crippen molar-refractivity contribution in [2.24, 2.45) is 7.05 Å². The van der Waals surface area contributed by atoms with Crippen molar-refractivity contribution in [1.82, 2.24) is 15.1 Å². The summed E-state index contributed by atoms with van der Waals surface area (Å²) in [6, 6.07) is 0.388. The number of terminal acetylenes is 1. The van der Waals surface area contributed by atoms with Crippen molar-refractivity contribution >= 4 is 0 Å². The van der Waals surface area contributed by atoms with Crippen molar-refractivity contribution in [3.63, 3.8) is 0 Å². The van der Waals surface area contributed by atoms with E-state index in [0.29, 0.717) is 0 Å². The average molecular weight is 205 g/mol. The highest BCUT2D eigenvalue weighted by Gasteiger charge is 2.13. The molecule has 0 fully saturated rings. The number of hydrogen-bond donors (Lipinski definition) is 1. The van der Waals surface area contributed by atoms with Crippen LogP contribution < -0.4 is 5.32 Å². The zero-order chi connectivity index (χ0) is 11.4. The Morgan fingerprint density at radius 1 is 1.67 bits per heavy atom. The van der Waals surface area contributed by atoms with Crippen molar-refractivity contribution in [3.05, 3.63) is 17.5 Å². The SMILES string of the molecule is C#CC(CC)NC(C)c1cn(C)nc1C. The number of nitrogens with zero attached hydrogens (tertiary/aromatic N) is 2. The van der Waals surface area contributed by atoms with Crippen molar-refractivity contribution in [2.75, 3.05) is 0 Å². The molecule has 15 heavy (non-hydrogen) atoms. The molecule has 1 aromatic rings. The highest BCUT2D eigenvalue weighted by Crippen LogP contribution is 2.16. The molecule has 1 heterocycles. The minimum atomic E-state index is 0.139. The molecule has 0 aliphatic carbocycles. The van der Waals surface area contributed by atoms with Crippen LogP contribution in [0.3, 0.4) is 0 Å². The fraction of sp³-hybridized carbons (Fsp3) is 0.583. The minimum Gasteiger partial charge on any atom is -0.297 e. The summed E-state index contributed by atoms with van der Waals surface area (Å²) in [5, 5.41) is 7.71. The molecule has 0 bridgehead atoms. The molecule has 3 heteroatoms. The molecular formula is C12H19N3. The first-order valence-corrected chi connectivity index (χ1v) is 5.30. The third-order valence-electron chi connectivity index (χ3n) is 2.58. The Hall–Kier alpha value is -1.27. The van der Waals surface area contributed by atoms with Gasteiger partial charge in [-0.15, -0.1) is 6.42 Å². The van der Waals surface area contributed by atoms with E-state index in [1.807, 2.05) is 24.9 Å². The van der Waals surface area contributed by atoms with Gasteiger partial charge >= 0.3 is 0 Å². The molecule has 2 unspecified atom stereocenters. The van der Waals surface area contributed by atoms with Gasteiger partial charge in [-0.1, -0.05) is 12.8 Å². The molecule has 3 nitrogen and oxygen atoms in total. The molecule has 1 rings (SSSR count). The quantitative estimate of drug-likeness (QED) is 0.759. The second-order valence-electron chi connectivity index (χ2n) is 3.86. The maximum atomic E-state index is 5.42. The lowest BCUT2D eigenvalue weighted by Gasteiger charge is -2.17. The summed E-state index contributed by atoms with van der Waals surface area (Å²) < 4.78 is 1.83. The molecule has 0 aromatic carbocycles. The molecule has 0 saturated heterocycles. The minimum absolute atomic E-state index is 0.139. The second kappa shape index (κ2) is 4.99. The van der Waals surface area contributed by atoms with Gasteiger partial charge in [0.2, 0.25) is 0 Å². The molecule has 0 radical (unpaired) electrons. The Balaban J connectivity index is 2.73. The molecular weight excluding hydrogens is 186 g/mol. The molecule has 0 spiro atoms. The van der Waals surface area contributed by atoms with Gasteiger partial charge in [0, 0.05) is 24.8 Å². The number of nitrogens with one attached hydrogen (secondary N) is 1. The largest absolute Gasteiger partial charge is 0.297 e. The van der Waals surface area contributed by atoms with Gasteiger partial charge in [-0.05, 0) is 20.3 Å². The maximum Gasteiger partial charge on any atom is 0.0688 e. The van der Waals surface area contributed by atoms with Gasteiger partial charge in [-0.2, -0.15) is 5.10 Å². The number of aromatic nitrogens is 2. The Morgan fingerprint density at radius 3 is 2.73 bits per heavy atom. The summed E-state index contributed by atoms with van der Waals surface area (Å²) in [6.45, 7) is 6.22. The van der Waals surface area contributed by atoms with E-state index < -0.39 is 0 Å². The molecule has 1 N–H and O–H groups in total. The van der Waals surface area contributed by atoms with Crippen molar-refractivity contribution in [2.45, 2.75) is 39.3 Å². The van der Waals surface area contributed by atoms with E-state index in [4.69, 9.17) is 6.42 Å². The van der Waals surface area contributed by atoms with E-state index in [2.05, 4.69) is 30.2 Å². The van der Waals surface area contributed by atoms with Gasteiger partial charge in [0.25, 0.3) is 0 Å². The summed E-state index contributed by atoms with van der Waals surface area (Å²) in [6.07, 6.45) is 8.40. The van der Waals surface area contributed by atoms with E-state index in [9.17, 15) is 0 Å². The van der Waals surface area contributed by atoms with Crippen LogP contribution in [0.2, 0.25) is 0 Å². The van der Waals surface area contributed by atoms with Gasteiger partial charge in [-0.25, -0.2) is 0 Å². The first kappa shape index (κ1) is 11.8. The normalized spacial score (nSPS) is 14.6. The predicted molar refractivity (Wildman–Crippen MR) is 62.4 cm³/mol. The van der Waals surface area contributed by atoms with Crippen LogP contribution >= 0.6 is 0 Å². The first-order valence-electron chi connectivity index (χ1n) is 5.30. The smallest absolute Gasteiger partial charge is 0.0688 e. The Bertz CT molecular complexity index is 359. The van der Waals surface area contributed by atoms with Crippen LogP contribution in [0.25, 0.3) is 0 Å². The fourth-order valence-corrected chi connectivity index (χ4v) is 1.72. The third-order valence-corrected chi connectivity index (χ3v) is 2.58. The standard InChI is InChI=1S/C12H19N3/c1-6-11(7-2)13-9(3)12-8-15(5)14-10(12)4/h1,8-9,11,13H,7H2,2-5H3. The Morgan fingerprint density at radius 2 is 2.33 bits per heavy atom. The zero-order valence-corrected chi connectivity index (χ0v) is 9.91. The summed E-state index contributed by atoms with van der Waals surface area (Å²) >= 11 is 0. The van der Waals surface area contributed by atoms with E-state index >= 15 is 0 Å². The molecule has 0 amide bonds. The van der Waals surface area contributed by atoms with Crippen LogP contribution in [0.15, 0.2) is 6.20 Å². The molecule has 0 aliphatic heterocycles. The van der Waals surface area contributed by atoms with Crippen molar-refractivity contribution < 1.29 is 0 Å². The van der Waals surface area contributed by atoms with Crippen LogP contribution in [-0.2, 0) is 7.05 Å². The summed E-state index contributed by atoms with van der Waals surface area (Å²) in [4.78, 5) is 0. The van der Waals surface area contributed by atoms with Crippen molar-refractivity contribution in [1.29, 1.82) is 0 Å². The maximum absolute atomic E-state index is 5.42. The van der Waals surface area contributed by atoms with E-state index in [-0.39, 0.29) is 12.1 Å². The Labute approximate surface area is 91.9 Å². The number of hydrogen-bond acceptors (Lipinski definition) is 2. The highest BCUT2D eigenvalue weighted by atomic mass is 15.3. The van der Waals surface area contributed by atoms with E-state index in [1.54, 1.807) is 0 Å². The highest BCUT2D eigenvalue weighted by molar-refractivity contribution is 5.20. The second-order valence-corrected chi connectivity index (χ2v) is 3.86. The van der Waals surface area contributed by atoms with Gasteiger partial charge < -0.3 is 0 Å². The zero-order valence-electron chi connectivity index (χ0n) is 9.91. The molecule has 0 aliphatic rings. The van der Waals surface area contributed by atoms with Gasteiger partial charge in [0.05, 0.1) is 11.7 Å². The summed E-state index contributed by atoms with van der Waals surface area (Å²) in [7, 11) is 1.93. The average Bonchev–Trinajstić information content (AvgIpc) is 2.54. The topological polar surface area (TPSA) is 29.9 Å². The molecule has 1 aromatic heterocycles. The van der Waals surface area contributed by atoms with Crippen LogP contribution in [0.5, 0.6) is 0 Å². The summed E-state index contributed by atoms with van der Waals surface area (Å²) in [5.74, 6) is 2.74. The first-order chi connectivity index (χ1) is 7.08. The van der Waals surface area contributed by atoms with Crippen LogP contribution in [-0.4, -0.2) is 15.8 Å². The lowest BCUT2D eigenvalue weighted by Crippen LogP contribution is -2.29. The van der Waals surface area contributed by atoms with Gasteiger partial charge in [0.15, 0.2) is 0 Å². The lowest BCUT2D eigenvalue weighted by atomic mass is 10.1. The third kappa shape index (κ3) is 2.84. The van der Waals surface area contributed by atoms with E-state index in [1.165, 1.54) is 5.56 Å². The molecule has 82 valence electrons. The van der Waals surface area contributed by atoms with Crippen molar-refractivity contribution in [3.8, 4) is 12.3 Å². The van der Waals surface area contributed by atoms with Crippen LogP contribution in [0, 0.1) is 19.3 Å². The van der Waals surface area contributed by atoms with Gasteiger partial charge in [-0.3, -0.25) is 10.00 Å². The number of rotatable bonds is 4. The predicted octanol–water partition coefficient (Wildman–Crippen LogP) is 1.79. The van der Waals surface area contributed by atoms with Crippen LogP contribution in [0.4, 0.5) is 0 Å². The fourth-order valence-electron chi connectivity index (χ4n) is 1.72. The number of aryl methyl sites for hydroxylation is 2. The summed E-state index contributed by atoms with van der Waals surface area (Å²) in [5.41, 5.74) is 2.27. The molecule has 2 atom stereocenters. The monoisotopic (exact) mass is 205 g/mol. The van der Waals surface area contributed by atoms with E-state index in [0.717, 1.165) is 12.1 Å².